The maximum atomic E-state index is 11.8. The molecule has 0 heterocycles. The lowest BCUT2D eigenvalue weighted by molar-refractivity contribution is 0.131. The second-order valence-electron chi connectivity index (χ2n) is 5.70. The molecular formula is C15H20N2O2. The Hall–Kier alpha value is -1.55. The second-order valence-corrected chi connectivity index (χ2v) is 5.70. The molecule has 1 aromatic rings. The second kappa shape index (κ2) is 5.21. The largest absolute Gasteiger partial charge is 0.445 e. The summed E-state index contributed by atoms with van der Waals surface area (Å²) in [5.41, 5.74) is 7.01. The van der Waals surface area contributed by atoms with E-state index in [-0.39, 0.29) is 12.1 Å². The van der Waals surface area contributed by atoms with Crippen molar-refractivity contribution in [2.24, 2.45) is 17.6 Å². The SMILES string of the molecule is N[C@H]1C[C@H]2C[C@@H]1C[C@@H]2NC(=O)OCc1ccccc1. The van der Waals surface area contributed by atoms with E-state index in [9.17, 15) is 4.79 Å². The molecule has 1 amide bonds. The first-order valence-corrected chi connectivity index (χ1v) is 6.95. The summed E-state index contributed by atoms with van der Waals surface area (Å²) in [6, 6.07) is 10.3. The molecule has 1 aromatic carbocycles. The van der Waals surface area contributed by atoms with Gasteiger partial charge in [0.1, 0.15) is 6.61 Å². The summed E-state index contributed by atoms with van der Waals surface area (Å²) in [6.07, 6.45) is 2.89. The molecule has 4 nitrogen and oxygen atoms in total. The minimum absolute atomic E-state index is 0.257. The number of fused-ring (bicyclic) bond motifs is 2. The van der Waals surface area contributed by atoms with Gasteiger partial charge in [-0.1, -0.05) is 30.3 Å². The molecule has 2 saturated carbocycles. The fraction of sp³-hybridized carbons (Fsp3) is 0.533. The van der Waals surface area contributed by atoms with Gasteiger partial charge in [0.05, 0.1) is 0 Å². The number of carbonyl (C=O) groups excluding carboxylic acids is 1. The molecule has 0 unspecified atom stereocenters. The van der Waals surface area contributed by atoms with Crippen molar-refractivity contribution in [3.8, 4) is 0 Å². The molecule has 0 aliphatic heterocycles. The molecule has 102 valence electrons. The zero-order valence-corrected chi connectivity index (χ0v) is 10.9. The van der Waals surface area contributed by atoms with E-state index in [0.29, 0.717) is 24.5 Å². The van der Waals surface area contributed by atoms with Crippen molar-refractivity contribution in [3.63, 3.8) is 0 Å². The van der Waals surface area contributed by atoms with Crippen LogP contribution in [0.2, 0.25) is 0 Å². The van der Waals surface area contributed by atoms with Crippen molar-refractivity contribution < 1.29 is 9.53 Å². The molecule has 0 saturated heterocycles. The standard InChI is InChI=1S/C15H20N2O2/c16-13-7-12-6-11(13)8-14(12)17-15(18)19-9-10-4-2-1-3-5-10/h1-5,11-14H,6-9,16H2,(H,17,18)/t11-,12-,13+,14+/m1/s1. The Bertz CT molecular complexity index is 447. The summed E-state index contributed by atoms with van der Waals surface area (Å²) in [4.78, 5) is 11.8. The van der Waals surface area contributed by atoms with Gasteiger partial charge >= 0.3 is 6.09 Å². The minimum Gasteiger partial charge on any atom is -0.445 e. The van der Waals surface area contributed by atoms with Crippen LogP contribution < -0.4 is 11.1 Å². The first kappa shape index (κ1) is 12.5. The van der Waals surface area contributed by atoms with Gasteiger partial charge in [0.2, 0.25) is 0 Å². The van der Waals surface area contributed by atoms with E-state index in [1.165, 1.54) is 0 Å². The van der Waals surface area contributed by atoms with E-state index in [1.807, 2.05) is 30.3 Å². The number of alkyl carbamates (subject to hydrolysis) is 1. The number of hydrogen-bond acceptors (Lipinski definition) is 3. The highest BCUT2D eigenvalue weighted by Gasteiger charge is 2.44. The van der Waals surface area contributed by atoms with Crippen molar-refractivity contribution in [2.75, 3.05) is 0 Å². The number of amides is 1. The Morgan fingerprint density at radius 3 is 2.63 bits per heavy atom. The fourth-order valence-corrected chi connectivity index (χ4v) is 3.41. The topological polar surface area (TPSA) is 64.3 Å². The van der Waals surface area contributed by atoms with Crippen LogP contribution in [0.4, 0.5) is 4.79 Å². The highest BCUT2D eigenvalue weighted by molar-refractivity contribution is 5.67. The summed E-state index contributed by atoms with van der Waals surface area (Å²) in [7, 11) is 0. The van der Waals surface area contributed by atoms with Gasteiger partial charge in [-0.2, -0.15) is 0 Å². The summed E-state index contributed by atoms with van der Waals surface area (Å²) in [5, 5.41) is 2.98. The quantitative estimate of drug-likeness (QED) is 0.874. The summed E-state index contributed by atoms with van der Waals surface area (Å²) in [5.74, 6) is 1.13. The smallest absolute Gasteiger partial charge is 0.407 e. The maximum absolute atomic E-state index is 11.8. The van der Waals surface area contributed by atoms with Crippen molar-refractivity contribution in [2.45, 2.75) is 38.0 Å². The lowest BCUT2D eigenvalue weighted by Gasteiger charge is -2.26. The Morgan fingerprint density at radius 1 is 1.21 bits per heavy atom. The number of nitrogens with one attached hydrogen (secondary N) is 1. The van der Waals surface area contributed by atoms with Crippen LogP contribution in [0.15, 0.2) is 30.3 Å². The molecule has 4 heteroatoms. The van der Waals surface area contributed by atoms with Crippen LogP contribution in [0.3, 0.4) is 0 Å². The van der Waals surface area contributed by atoms with E-state index < -0.39 is 0 Å². The lowest BCUT2D eigenvalue weighted by Crippen LogP contribution is -2.42. The molecule has 19 heavy (non-hydrogen) atoms. The van der Waals surface area contributed by atoms with Gasteiger partial charge in [0.25, 0.3) is 0 Å². The van der Waals surface area contributed by atoms with Crippen LogP contribution in [0.1, 0.15) is 24.8 Å². The zero-order valence-electron chi connectivity index (χ0n) is 10.9. The fourth-order valence-electron chi connectivity index (χ4n) is 3.41. The Morgan fingerprint density at radius 2 is 2.00 bits per heavy atom. The van der Waals surface area contributed by atoms with E-state index in [4.69, 9.17) is 10.5 Å². The third-order valence-corrected chi connectivity index (χ3v) is 4.43. The van der Waals surface area contributed by atoms with Gasteiger partial charge in [-0.15, -0.1) is 0 Å². The third kappa shape index (κ3) is 2.73. The summed E-state index contributed by atoms with van der Waals surface area (Å²) in [6.45, 7) is 0.326. The predicted molar refractivity (Wildman–Crippen MR) is 72.4 cm³/mol. The van der Waals surface area contributed by atoms with Crippen LogP contribution in [-0.2, 0) is 11.3 Å². The lowest BCUT2D eigenvalue weighted by atomic mass is 9.92. The van der Waals surface area contributed by atoms with Crippen molar-refractivity contribution in [1.82, 2.24) is 5.32 Å². The van der Waals surface area contributed by atoms with Crippen molar-refractivity contribution in [3.05, 3.63) is 35.9 Å². The number of nitrogens with two attached hydrogens (primary N) is 1. The number of benzene rings is 1. The average molecular weight is 260 g/mol. The van der Waals surface area contributed by atoms with Gasteiger partial charge < -0.3 is 15.8 Å². The van der Waals surface area contributed by atoms with Gasteiger partial charge in [0.15, 0.2) is 0 Å². The third-order valence-electron chi connectivity index (χ3n) is 4.43. The molecule has 3 N–H and O–H groups in total. The molecular weight excluding hydrogens is 240 g/mol. The highest BCUT2D eigenvalue weighted by atomic mass is 16.5. The number of rotatable bonds is 3. The van der Waals surface area contributed by atoms with Crippen LogP contribution in [0.5, 0.6) is 0 Å². The average Bonchev–Trinajstić information content (AvgIpc) is 2.96. The first-order valence-electron chi connectivity index (χ1n) is 6.95. The van der Waals surface area contributed by atoms with Gasteiger partial charge in [-0.25, -0.2) is 4.79 Å². The Balaban J connectivity index is 1.45. The maximum Gasteiger partial charge on any atom is 0.407 e. The summed E-state index contributed by atoms with van der Waals surface area (Å²) >= 11 is 0. The zero-order chi connectivity index (χ0) is 13.2. The normalized spacial score (nSPS) is 32.3. The highest BCUT2D eigenvalue weighted by Crippen LogP contribution is 2.43. The van der Waals surface area contributed by atoms with Crippen LogP contribution >= 0.6 is 0 Å². The molecule has 3 rings (SSSR count). The van der Waals surface area contributed by atoms with Crippen LogP contribution in [-0.4, -0.2) is 18.2 Å². The van der Waals surface area contributed by atoms with Crippen molar-refractivity contribution >= 4 is 6.09 Å². The minimum atomic E-state index is -0.310. The van der Waals surface area contributed by atoms with Crippen molar-refractivity contribution in [1.29, 1.82) is 0 Å². The van der Waals surface area contributed by atoms with Crippen LogP contribution in [0, 0.1) is 11.8 Å². The van der Waals surface area contributed by atoms with Gasteiger partial charge in [-0.05, 0) is 36.7 Å². The molecule has 0 radical (unpaired) electrons. The van der Waals surface area contributed by atoms with E-state index in [2.05, 4.69) is 5.32 Å². The molecule has 2 fully saturated rings. The van der Waals surface area contributed by atoms with Crippen LogP contribution in [0.25, 0.3) is 0 Å². The number of ether oxygens (including phenoxy) is 1. The number of carbonyl (C=O) groups is 1. The summed E-state index contributed by atoms with van der Waals surface area (Å²) < 4.78 is 5.24. The van der Waals surface area contributed by atoms with E-state index in [1.54, 1.807) is 0 Å². The molecule has 0 aromatic heterocycles. The van der Waals surface area contributed by atoms with E-state index >= 15 is 0 Å². The molecule has 2 aliphatic rings. The van der Waals surface area contributed by atoms with E-state index in [0.717, 1.165) is 24.8 Å². The Kier molecular flexibility index (Phi) is 3.42. The monoisotopic (exact) mass is 260 g/mol. The number of hydrogen-bond donors (Lipinski definition) is 2. The first-order chi connectivity index (χ1) is 9.22. The molecule has 2 aliphatic carbocycles. The molecule has 4 atom stereocenters. The van der Waals surface area contributed by atoms with Gasteiger partial charge in [-0.3, -0.25) is 0 Å². The van der Waals surface area contributed by atoms with Gasteiger partial charge in [0, 0.05) is 12.1 Å². The molecule has 2 bridgehead atoms. The molecule has 0 spiro atoms. The Labute approximate surface area is 113 Å². The predicted octanol–water partition coefficient (Wildman–Crippen LogP) is 2.04.